The first-order valence-corrected chi connectivity index (χ1v) is 6.95. The zero-order valence-corrected chi connectivity index (χ0v) is 11.7. The number of rotatable bonds is 5. The molecule has 0 bridgehead atoms. The van der Waals surface area contributed by atoms with E-state index in [1.807, 2.05) is 0 Å². The third kappa shape index (κ3) is 3.28. The fraction of sp³-hybridized carbons (Fsp3) is 0.533. The van der Waals surface area contributed by atoms with Crippen LogP contribution in [0.15, 0.2) is 18.2 Å². The van der Waals surface area contributed by atoms with Gasteiger partial charge in [-0.05, 0) is 37.0 Å². The minimum Gasteiger partial charge on any atom is -0.494 e. The Bertz CT molecular complexity index is 485. The average Bonchev–Trinajstić information content (AvgIpc) is 2.87. The quantitative estimate of drug-likeness (QED) is 0.864. The van der Waals surface area contributed by atoms with Gasteiger partial charge in [0.1, 0.15) is 0 Å². The van der Waals surface area contributed by atoms with E-state index in [0.717, 1.165) is 31.2 Å². The van der Waals surface area contributed by atoms with Crippen molar-refractivity contribution in [2.24, 2.45) is 5.73 Å². The Morgan fingerprint density at radius 2 is 2.15 bits per heavy atom. The van der Waals surface area contributed by atoms with E-state index >= 15 is 0 Å². The van der Waals surface area contributed by atoms with Crippen molar-refractivity contribution in [3.63, 3.8) is 0 Å². The molecule has 5 heteroatoms. The van der Waals surface area contributed by atoms with Gasteiger partial charge in [-0.3, -0.25) is 4.79 Å². The molecule has 0 heterocycles. The van der Waals surface area contributed by atoms with Crippen molar-refractivity contribution in [1.82, 2.24) is 5.32 Å². The molecule has 0 aromatic heterocycles. The molecule has 1 saturated carbocycles. The summed E-state index contributed by atoms with van der Waals surface area (Å²) >= 11 is 0. The van der Waals surface area contributed by atoms with Crippen LogP contribution in [0.4, 0.5) is 4.39 Å². The van der Waals surface area contributed by atoms with E-state index in [-0.39, 0.29) is 17.5 Å². The number of carbonyl (C=O) groups is 1. The lowest BCUT2D eigenvalue weighted by Crippen LogP contribution is -2.52. The zero-order valence-electron chi connectivity index (χ0n) is 11.7. The molecule has 20 heavy (non-hydrogen) atoms. The second-order valence-electron chi connectivity index (χ2n) is 5.34. The highest BCUT2D eigenvalue weighted by atomic mass is 19.1. The van der Waals surface area contributed by atoms with Crippen molar-refractivity contribution >= 4 is 5.91 Å². The largest absolute Gasteiger partial charge is 0.494 e. The molecule has 1 aliphatic rings. The molecule has 1 aromatic rings. The number of amides is 1. The first-order valence-electron chi connectivity index (χ1n) is 6.95. The molecule has 2 rings (SSSR count). The highest BCUT2D eigenvalue weighted by molar-refractivity contribution is 5.86. The van der Waals surface area contributed by atoms with Gasteiger partial charge >= 0.3 is 0 Å². The summed E-state index contributed by atoms with van der Waals surface area (Å²) in [4.78, 5) is 12.0. The number of ether oxygens (including phenoxy) is 1. The predicted octanol–water partition coefficient (Wildman–Crippen LogP) is 1.76. The molecular formula is C15H21FN2O2. The molecule has 1 amide bonds. The number of nitrogens with one attached hydrogen (secondary N) is 1. The fourth-order valence-corrected chi connectivity index (χ4v) is 2.59. The smallest absolute Gasteiger partial charge is 0.240 e. The Labute approximate surface area is 118 Å². The van der Waals surface area contributed by atoms with Crippen LogP contribution in [0.5, 0.6) is 5.75 Å². The molecule has 110 valence electrons. The molecule has 3 N–H and O–H groups in total. The Morgan fingerprint density at radius 3 is 2.75 bits per heavy atom. The van der Waals surface area contributed by atoms with E-state index < -0.39 is 5.54 Å². The summed E-state index contributed by atoms with van der Waals surface area (Å²) in [5.74, 6) is -0.254. The lowest BCUT2D eigenvalue weighted by Gasteiger charge is -2.22. The molecular weight excluding hydrogens is 259 g/mol. The van der Waals surface area contributed by atoms with Gasteiger partial charge in [0.05, 0.1) is 12.6 Å². The summed E-state index contributed by atoms with van der Waals surface area (Å²) in [5, 5.41) is 2.84. The third-order valence-electron chi connectivity index (χ3n) is 3.86. The summed E-state index contributed by atoms with van der Waals surface area (Å²) < 4.78 is 18.4. The molecule has 0 atom stereocenters. The number of hydrogen-bond acceptors (Lipinski definition) is 3. The van der Waals surface area contributed by atoms with E-state index in [4.69, 9.17) is 10.5 Å². The highest BCUT2D eigenvalue weighted by Gasteiger charge is 2.36. The number of nitrogens with two attached hydrogens (primary N) is 1. The van der Waals surface area contributed by atoms with Crippen LogP contribution in [0.25, 0.3) is 0 Å². The maximum absolute atomic E-state index is 13.5. The Morgan fingerprint density at radius 1 is 1.45 bits per heavy atom. The van der Waals surface area contributed by atoms with Crippen LogP contribution < -0.4 is 15.8 Å². The monoisotopic (exact) mass is 280 g/mol. The Hall–Kier alpha value is -1.62. The minimum atomic E-state index is -0.703. The summed E-state index contributed by atoms with van der Waals surface area (Å²) in [6, 6.07) is 4.81. The van der Waals surface area contributed by atoms with Crippen LogP contribution in [-0.4, -0.2) is 25.1 Å². The van der Waals surface area contributed by atoms with Crippen molar-refractivity contribution < 1.29 is 13.9 Å². The maximum atomic E-state index is 13.5. The highest BCUT2D eigenvalue weighted by Crippen LogP contribution is 2.27. The maximum Gasteiger partial charge on any atom is 0.240 e. The van der Waals surface area contributed by atoms with Crippen LogP contribution in [0, 0.1) is 5.82 Å². The van der Waals surface area contributed by atoms with E-state index in [9.17, 15) is 9.18 Å². The van der Waals surface area contributed by atoms with Gasteiger partial charge in [-0.2, -0.15) is 0 Å². The summed E-state index contributed by atoms with van der Waals surface area (Å²) in [6.07, 6.45) is 4.08. The van der Waals surface area contributed by atoms with Gasteiger partial charge < -0.3 is 15.8 Å². The van der Waals surface area contributed by atoms with Crippen LogP contribution in [0.3, 0.4) is 0 Å². The van der Waals surface area contributed by atoms with Gasteiger partial charge in [0.15, 0.2) is 11.6 Å². The third-order valence-corrected chi connectivity index (χ3v) is 3.86. The zero-order chi connectivity index (χ0) is 14.6. The first-order chi connectivity index (χ1) is 9.55. The van der Waals surface area contributed by atoms with Gasteiger partial charge in [0.25, 0.3) is 0 Å². The van der Waals surface area contributed by atoms with Gasteiger partial charge in [-0.25, -0.2) is 4.39 Å². The second-order valence-corrected chi connectivity index (χ2v) is 5.34. The molecule has 1 aliphatic carbocycles. The second kappa shape index (κ2) is 6.22. The van der Waals surface area contributed by atoms with Gasteiger partial charge in [-0.1, -0.05) is 18.9 Å². The molecule has 0 spiro atoms. The number of halogens is 1. The topological polar surface area (TPSA) is 64.3 Å². The van der Waals surface area contributed by atoms with Crippen LogP contribution >= 0.6 is 0 Å². The normalized spacial score (nSPS) is 16.9. The van der Waals surface area contributed by atoms with E-state index in [0.29, 0.717) is 13.0 Å². The fourth-order valence-electron chi connectivity index (χ4n) is 2.59. The average molecular weight is 280 g/mol. The van der Waals surface area contributed by atoms with E-state index in [1.165, 1.54) is 13.2 Å². The molecule has 0 radical (unpaired) electrons. The SMILES string of the molecule is COc1ccc(CCNC(=O)C2(N)CCCC2)cc1F. The van der Waals surface area contributed by atoms with Crippen molar-refractivity contribution in [3.8, 4) is 5.75 Å². The van der Waals surface area contributed by atoms with E-state index in [1.54, 1.807) is 12.1 Å². The van der Waals surface area contributed by atoms with Gasteiger partial charge in [0, 0.05) is 6.54 Å². The first kappa shape index (κ1) is 14.8. The predicted molar refractivity (Wildman–Crippen MR) is 75.1 cm³/mol. The number of methoxy groups -OCH3 is 1. The lowest BCUT2D eigenvalue weighted by atomic mass is 9.98. The molecule has 1 fully saturated rings. The van der Waals surface area contributed by atoms with Gasteiger partial charge in [0.2, 0.25) is 5.91 Å². The van der Waals surface area contributed by atoms with Gasteiger partial charge in [-0.15, -0.1) is 0 Å². The van der Waals surface area contributed by atoms with Crippen molar-refractivity contribution in [2.75, 3.05) is 13.7 Å². The van der Waals surface area contributed by atoms with Crippen LogP contribution in [-0.2, 0) is 11.2 Å². The molecule has 0 aliphatic heterocycles. The molecule has 1 aromatic carbocycles. The van der Waals surface area contributed by atoms with Crippen molar-refractivity contribution in [3.05, 3.63) is 29.6 Å². The molecule has 0 unspecified atom stereocenters. The number of carbonyl (C=O) groups excluding carboxylic acids is 1. The Kier molecular flexibility index (Phi) is 4.60. The molecule has 4 nitrogen and oxygen atoms in total. The number of hydrogen-bond donors (Lipinski definition) is 2. The van der Waals surface area contributed by atoms with Crippen molar-refractivity contribution in [1.29, 1.82) is 0 Å². The van der Waals surface area contributed by atoms with E-state index in [2.05, 4.69) is 5.32 Å². The lowest BCUT2D eigenvalue weighted by molar-refractivity contribution is -0.126. The summed E-state index contributed by atoms with van der Waals surface area (Å²) in [5.41, 5.74) is 6.17. The summed E-state index contributed by atoms with van der Waals surface area (Å²) in [6.45, 7) is 0.462. The molecule has 0 saturated heterocycles. The Balaban J connectivity index is 1.84. The van der Waals surface area contributed by atoms with Crippen LogP contribution in [0.1, 0.15) is 31.2 Å². The van der Waals surface area contributed by atoms with Crippen LogP contribution in [0.2, 0.25) is 0 Å². The summed E-state index contributed by atoms with van der Waals surface area (Å²) in [7, 11) is 1.43. The standard InChI is InChI=1S/C15H21FN2O2/c1-20-13-5-4-11(10-12(13)16)6-9-18-14(19)15(17)7-2-3-8-15/h4-5,10H,2-3,6-9,17H2,1H3,(H,18,19). The number of benzene rings is 1. The minimum absolute atomic E-state index is 0.0935. The van der Waals surface area contributed by atoms with Crippen molar-refractivity contribution in [2.45, 2.75) is 37.6 Å².